The van der Waals surface area contributed by atoms with E-state index in [1.807, 2.05) is 4.68 Å². The summed E-state index contributed by atoms with van der Waals surface area (Å²) in [6, 6.07) is 6.59. The van der Waals surface area contributed by atoms with Crippen LogP contribution in [0.3, 0.4) is 0 Å². The van der Waals surface area contributed by atoms with E-state index in [9.17, 15) is 0 Å². The summed E-state index contributed by atoms with van der Waals surface area (Å²) >= 11 is 0. The van der Waals surface area contributed by atoms with Crippen LogP contribution >= 0.6 is 0 Å². The lowest BCUT2D eigenvalue weighted by atomic mass is 10.1. The lowest BCUT2D eigenvalue weighted by molar-refractivity contribution is 0.579. The van der Waals surface area contributed by atoms with Crippen LogP contribution in [-0.2, 0) is 0 Å². The fraction of sp³-hybridized carbons (Fsp3) is 0.467. The topological polar surface area (TPSA) is 42.7 Å². The highest BCUT2D eigenvalue weighted by Gasteiger charge is 2.15. The van der Waals surface area contributed by atoms with Crippen molar-refractivity contribution in [3.63, 3.8) is 0 Å². The summed E-state index contributed by atoms with van der Waals surface area (Å²) in [5.74, 6) is 0. The summed E-state index contributed by atoms with van der Waals surface area (Å²) in [7, 11) is 0. The van der Waals surface area contributed by atoms with E-state index in [0.29, 0.717) is 0 Å². The van der Waals surface area contributed by atoms with Gasteiger partial charge in [0.25, 0.3) is 0 Å². The molecule has 2 aromatic rings. The molecular formula is C15H22N4. The maximum atomic E-state index is 4.31. The Morgan fingerprint density at radius 3 is 2.58 bits per heavy atom. The SMILES string of the molecule is CCNC(C)c1nnn(-c2ccc(C)c(C)c2)c1C. The van der Waals surface area contributed by atoms with Crippen molar-refractivity contribution in [2.75, 3.05) is 6.54 Å². The summed E-state index contributed by atoms with van der Waals surface area (Å²) < 4.78 is 1.91. The van der Waals surface area contributed by atoms with E-state index in [1.54, 1.807) is 0 Å². The summed E-state index contributed by atoms with van der Waals surface area (Å²) in [6.07, 6.45) is 0. The summed E-state index contributed by atoms with van der Waals surface area (Å²) in [5, 5.41) is 12.0. The van der Waals surface area contributed by atoms with Gasteiger partial charge in [-0.25, -0.2) is 4.68 Å². The van der Waals surface area contributed by atoms with Gasteiger partial charge in [-0.2, -0.15) is 0 Å². The molecule has 1 aromatic heterocycles. The van der Waals surface area contributed by atoms with Crippen molar-refractivity contribution < 1.29 is 0 Å². The molecule has 0 fully saturated rings. The van der Waals surface area contributed by atoms with Crippen LogP contribution in [-0.4, -0.2) is 21.5 Å². The largest absolute Gasteiger partial charge is 0.309 e. The van der Waals surface area contributed by atoms with E-state index in [0.717, 1.165) is 23.6 Å². The monoisotopic (exact) mass is 258 g/mol. The van der Waals surface area contributed by atoms with Gasteiger partial charge in [0.1, 0.15) is 5.69 Å². The van der Waals surface area contributed by atoms with Gasteiger partial charge < -0.3 is 5.32 Å². The van der Waals surface area contributed by atoms with Crippen molar-refractivity contribution in [3.05, 3.63) is 40.7 Å². The van der Waals surface area contributed by atoms with Crippen molar-refractivity contribution >= 4 is 0 Å². The molecule has 1 unspecified atom stereocenters. The molecular weight excluding hydrogens is 236 g/mol. The van der Waals surface area contributed by atoms with Gasteiger partial charge in [-0.3, -0.25) is 0 Å². The molecule has 1 aromatic carbocycles. The van der Waals surface area contributed by atoms with Gasteiger partial charge in [0.15, 0.2) is 0 Å². The van der Waals surface area contributed by atoms with Gasteiger partial charge in [0.05, 0.1) is 17.4 Å². The van der Waals surface area contributed by atoms with Crippen LogP contribution in [0.2, 0.25) is 0 Å². The second-order valence-corrected chi connectivity index (χ2v) is 5.02. The van der Waals surface area contributed by atoms with E-state index in [4.69, 9.17) is 0 Å². The van der Waals surface area contributed by atoms with Crippen LogP contribution in [0.1, 0.15) is 42.4 Å². The molecule has 1 atom stereocenters. The molecule has 0 bridgehead atoms. The van der Waals surface area contributed by atoms with Crippen LogP contribution in [0.15, 0.2) is 18.2 Å². The number of nitrogens with one attached hydrogen (secondary N) is 1. The molecule has 1 N–H and O–H groups in total. The molecule has 0 amide bonds. The Morgan fingerprint density at radius 1 is 1.21 bits per heavy atom. The zero-order valence-corrected chi connectivity index (χ0v) is 12.4. The first-order valence-corrected chi connectivity index (χ1v) is 6.77. The Bertz CT molecular complexity index is 572. The molecule has 4 heteroatoms. The molecule has 0 saturated carbocycles. The number of aryl methyl sites for hydroxylation is 2. The number of hydrogen-bond acceptors (Lipinski definition) is 3. The third-order valence-electron chi connectivity index (χ3n) is 3.59. The number of aromatic nitrogens is 3. The molecule has 19 heavy (non-hydrogen) atoms. The number of nitrogens with zero attached hydrogens (tertiary/aromatic N) is 3. The van der Waals surface area contributed by atoms with Crippen LogP contribution in [0.25, 0.3) is 5.69 Å². The first-order chi connectivity index (χ1) is 9.04. The maximum Gasteiger partial charge on any atom is 0.103 e. The first-order valence-electron chi connectivity index (χ1n) is 6.77. The quantitative estimate of drug-likeness (QED) is 0.917. The molecule has 102 valence electrons. The third-order valence-corrected chi connectivity index (χ3v) is 3.59. The number of rotatable bonds is 4. The lowest BCUT2D eigenvalue weighted by Gasteiger charge is -2.11. The number of hydrogen-bond donors (Lipinski definition) is 1. The Kier molecular flexibility index (Phi) is 4.00. The molecule has 1 heterocycles. The van der Waals surface area contributed by atoms with Gasteiger partial charge in [-0.15, -0.1) is 5.10 Å². The zero-order chi connectivity index (χ0) is 14.0. The highest BCUT2D eigenvalue weighted by atomic mass is 15.4. The van der Waals surface area contributed by atoms with Crippen LogP contribution < -0.4 is 5.32 Å². The van der Waals surface area contributed by atoms with Crippen LogP contribution in [0, 0.1) is 20.8 Å². The second-order valence-electron chi connectivity index (χ2n) is 5.02. The predicted octanol–water partition coefficient (Wildman–Crippen LogP) is 2.86. The second kappa shape index (κ2) is 5.53. The Morgan fingerprint density at radius 2 is 1.95 bits per heavy atom. The van der Waals surface area contributed by atoms with Gasteiger partial charge >= 0.3 is 0 Å². The lowest BCUT2D eigenvalue weighted by Crippen LogP contribution is -2.19. The minimum atomic E-state index is 0.227. The summed E-state index contributed by atoms with van der Waals surface area (Å²) in [5.41, 5.74) is 5.75. The average Bonchev–Trinajstić information content (AvgIpc) is 2.75. The van der Waals surface area contributed by atoms with Crippen molar-refractivity contribution in [3.8, 4) is 5.69 Å². The molecule has 4 nitrogen and oxygen atoms in total. The van der Waals surface area contributed by atoms with E-state index < -0.39 is 0 Å². The van der Waals surface area contributed by atoms with Crippen LogP contribution in [0.4, 0.5) is 0 Å². The summed E-state index contributed by atoms with van der Waals surface area (Å²) in [4.78, 5) is 0. The van der Waals surface area contributed by atoms with Gasteiger partial charge in [0.2, 0.25) is 0 Å². The van der Waals surface area contributed by atoms with Crippen molar-refractivity contribution in [2.24, 2.45) is 0 Å². The zero-order valence-electron chi connectivity index (χ0n) is 12.4. The predicted molar refractivity (Wildman–Crippen MR) is 77.7 cm³/mol. The standard InChI is InChI=1S/C15H22N4/c1-6-16-12(4)15-13(5)19(18-17-15)14-8-7-10(2)11(3)9-14/h7-9,12,16H,6H2,1-5H3. The van der Waals surface area contributed by atoms with Crippen molar-refractivity contribution in [1.29, 1.82) is 0 Å². The van der Waals surface area contributed by atoms with Crippen LogP contribution in [0.5, 0.6) is 0 Å². The van der Waals surface area contributed by atoms with E-state index >= 15 is 0 Å². The normalized spacial score (nSPS) is 12.7. The minimum absolute atomic E-state index is 0.227. The van der Waals surface area contributed by atoms with E-state index in [-0.39, 0.29) is 6.04 Å². The highest BCUT2D eigenvalue weighted by Crippen LogP contribution is 2.19. The molecule has 0 aliphatic rings. The maximum absolute atomic E-state index is 4.31. The van der Waals surface area contributed by atoms with Crippen molar-refractivity contribution in [2.45, 2.75) is 40.7 Å². The molecule has 0 aliphatic heterocycles. The minimum Gasteiger partial charge on any atom is -0.309 e. The smallest absolute Gasteiger partial charge is 0.103 e. The van der Waals surface area contributed by atoms with Gasteiger partial charge in [-0.05, 0) is 57.5 Å². The number of benzene rings is 1. The summed E-state index contributed by atoms with van der Waals surface area (Å²) in [6.45, 7) is 11.4. The molecule has 2 rings (SSSR count). The fourth-order valence-electron chi connectivity index (χ4n) is 2.25. The Balaban J connectivity index is 2.38. The average molecular weight is 258 g/mol. The third kappa shape index (κ3) is 2.68. The van der Waals surface area contributed by atoms with E-state index in [2.05, 4.69) is 68.4 Å². The Labute approximate surface area is 114 Å². The van der Waals surface area contributed by atoms with Crippen molar-refractivity contribution in [1.82, 2.24) is 20.3 Å². The van der Waals surface area contributed by atoms with Gasteiger partial charge in [0, 0.05) is 0 Å². The molecule has 0 radical (unpaired) electrons. The highest BCUT2D eigenvalue weighted by molar-refractivity contribution is 5.40. The van der Waals surface area contributed by atoms with E-state index in [1.165, 1.54) is 11.1 Å². The molecule has 0 spiro atoms. The Hall–Kier alpha value is -1.68. The first kappa shape index (κ1) is 13.7. The molecule has 0 aliphatic carbocycles. The van der Waals surface area contributed by atoms with Gasteiger partial charge in [-0.1, -0.05) is 18.2 Å². The fourth-order valence-corrected chi connectivity index (χ4v) is 2.25. The molecule has 0 saturated heterocycles.